The highest BCUT2D eigenvalue weighted by atomic mass is 16.1. The standard InChI is InChI=1S/C13H20N4O/c1-13(5-2-3-6-13)9-16-12(18)10-4-7-15-11(8-10)17-14/h4,7-8H,2-3,5-6,9,14H2,1H3,(H,15,17)(H,16,18). The van der Waals surface area contributed by atoms with E-state index in [4.69, 9.17) is 5.84 Å². The Kier molecular flexibility index (Phi) is 3.81. The normalized spacial score (nSPS) is 17.4. The highest BCUT2D eigenvalue weighted by Crippen LogP contribution is 2.36. The number of pyridine rings is 1. The Morgan fingerprint density at radius 3 is 2.89 bits per heavy atom. The van der Waals surface area contributed by atoms with Crippen molar-refractivity contribution in [3.63, 3.8) is 0 Å². The van der Waals surface area contributed by atoms with Gasteiger partial charge in [0.25, 0.3) is 5.91 Å². The van der Waals surface area contributed by atoms with E-state index >= 15 is 0 Å². The monoisotopic (exact) mass is 248 g/mol. The van der Waals surface area contributed by atoms with Gasteiger partial charge < -0.3 is 10.7 Å². The molecule has 98 valence electrons. The summed E-state index contributed by atoms with van der Waals surface area (Å²) in [5, 5.41) is 3.00. The van der Waals surface area contributed by atoms with Crippen LogP contribution in [0.2, 0.25) is 0 Å². The van der Waals surface area contributed by atoms with Crippen LogP contribution in [0.25, 0.3) is 0 Å². The van der Waals surface area contributed by atoms with Crippen molar-refractivity contribution < 1.29 is 4.79 Å². The molecule has 2 rings (SSSR count). The summed E-state index contributed by atoms with van der Waals surface area (Å²) in [6.07, 6.45) is 6.49. The zero-order valence-corrected chi connectivity index (χ0v) is 10.7. The second-order valence-electron chi connectivity index (χ2n) is 5.27. The zero-order valence-electron chi connectivity index (χ0n) is 10.7. The lowest BCUT2D eigenvalue weighted by Gasteiger charge is -2.23. The van der Waals surface area contributed by atoms with Crippen LogP contribution in [0.5, 0.6) is 0 Å². The lowest BCUT2D eigenvalue weighted by atomic mass is 9.89. The van der Waals surface area contributed by atoms with Crippen molar-refractivity contribution in [1.29, 1.82) is 0 Å². The third-order valence-electron chi connectivity index (χ3n) is 3.66. The Bertz CT molecular complexity index is 427. The van der Waals surface area contributed by atoms with E-state index in [2.05, 4.69) is 22.7 Å². The van der Waals surface area contributed by atoms with Gasteiger partial charge in [-0.1, -0.05) is 19.8 Å². The molecule has 1 aliphatic carbocycles. The van der Waals surface area contributed by atoms with Gasteiger partial charge in [-0.25, -0.2) is 10.8 Å². The fourth-order valence-corrected chi connectivity index (χ4v) is 2.45. The molecule has 5 heteroatoms. The van der Waals surface area contributed by atoms with Gasteiger partial charge in [-0.15, -0.1) is 0 Å². The van der Waals surface area contributed by atoms with E-state index in [1.54, 1.807) is 18.3 Å². The first-order valence-electron chi connectivity index (χ1n) is 6.34. The van der Waals surface area contributed by atoms with Crippen LogP contribution in [0, 0.1) is 5.41 Å². The molecule has 1 amide bonds. The van der Waals surface area contributed by atoms with Crippen molar-refractivity contribution in [3.05, 3.63) is 23.9 Å². The molecule has 1 aliphatic rings. The molecule has 0 atom stereocenters. The number of hydrogen-bond donors (Lipinski definition) is 3. The van der Waals surface area contributed by atoms with E-state index < -0.39 is 0 Å². The number of amides is 1. The van der Waals surface area contributed by atoms with Gasteiger partial charge in [0, 0.05) is 18.3 Å². The van der Waals surface area contributed by atoms with Crippen LogP contribution in [0.15, 0.2) is 18.3 Å². The number of nitrogens with one attached hydrogen (secondary N) is 2. The molecule has 0 radical (unpaired) electrons. The first-order valence-corrected chi connectivity index (χ1v) is 6.34. The molecule has 0 unspecified atom stereocenters. The average Bonchev–Trinajstić information content (AvgIpc) is 2.83. The second kappa shape index (κ2) is 5.35. The molecule has 0 saturated heterocycles. The highest BCUT2D eigenvalue weighted by Gasteiger charge is 2.28. The first kappa shape index (κ1) is 12.8. The Hall–Kier alpha value is -1.62. The Morgan fingerprint density at radius 2 is 2.22 bits per heavy atom. The van der Waals surface area contributed by atoms with Crippen molar-refractivity contribution in [2.24, 2.45) is 11.3 Å². The van der Waals surface area contributed by atoms with E-state index in [1.807, 2.05) is 0 Å². The predicted molar refractivity (Wildman–Crippen MR) is 71.0 cm³/mol. The summed E-state index contributed by atoms with van der Waals surface area (Å²) in [6, 6.07) is 3.33. The topological polar surface area (TPSA) is 80.0 Å². The number of nitrogens with zero attached hydrogens (tertiary/aromatic N) is 1. The van der Waals surface area contributed by atoms with Gasteiger partial charge in [0.05, 0.1) is 0 Å². The summed E-state index contributed by atoms with van der Waals surface area (Å²) >= 11 is 0. The van der Waals surface area contributed by atoms with Crippen LogP contribution < -0.4 is 16.6 Å². The number of hydrogen-bond acceptors (Lipinski definition) is 4. The summed E-state index contributed by atoms with van der Waals surface area (Å²) in [5.41, 5.74) is 3.28. The number of aromatic nitrogens is 1. The van der Waals surface area contributed by atoms with Crippen LogP contribution in [0.3, 0.4) is 0 Å². The van der Waals surface area contributed by atoms with Gasteiger partial charge in [-0.3, -0.25) is 4.79 Å². The minimum atomic E-state index is -0.0676. The van der Waals surface area contributed by atoms with E-state index in [0.29, 0.717) is 11.4 Å². The minimum absolute atomic E-state index is 0.0676. The van der Waals surface area contributed by atoms with Gasteiger partial charge in [-0.2, -0.15) is 0 Å². The van der Waals surface area contributed by atoms with Gasteiger partial charge >= 0.3 is 0 Å². The molecule has 1 aromatic rings. The van der Waals surface area contributed by atoms with E-state index in [-0.39, 0.29) is 11.3 Å². The van der Waals surface area contributed by atoms with Gasteiger partial charge in [-0.05, 0) is 30.4 Å². The predicted octanol–water partition coefficient (Wildman–Crippen LogP) is 1.68. The highest BCUT2D eigenvalue weighted by molar-refractivity contribution is 5.94. The molecule has 1 heterocycles. The fourth-order valence-electron chi connectivity index (χ4n) is 2.45. The number of carbonyl (C=O) groups excluding carboxylic acids is 1. The minimum Gasteiger partial charge on any atom is -0.351 e. The number of rotatable bonds is 4. The third-order valence-corrected chi connectivity index (χ3v) is 3.66. The van der Waals surface area contributed by atoms with Crippen molar-refractivity contribution >= 4 is 11.7 Å². The van der Waals surface area contributed by atoms with Crippen LogP contribution >= 0.6 is 0 Å². The molecular formula is C13H20N4O. The Labute approximate surface area is 107 Å². The maximum absolute atomic E-state index is 12.0. The summed E-state index contributed by atoms with van der Waals surface area (Å²) < 4.78 is 0. The zero-order chi connectivity index (χ0) is 13.0. The smallest absolute Gasteiger partial charge is 0.251 e. The molecule has 1 fully saturated rings. The molecule has 0 aromatic carbocycles. The molecule has 1 saturated carbocycles. The average molecular weight is 248 g/mol. The number of hydrazine groups is 1. The Morgan fingerprint density at radius 1 is 1.50 bits per heavy atom. The summed E-state index contributed by atoms with van der Waals surface area (Å²) in [7, 11) is 0. The largest absolute Gasteiger partial charge is 0.351 e. The lowest BCUT2D eigenvalue weighted by molar-refractivity contribution is 0.0934. The van der Waals surface area contributed by atoms with Crippen molar-refractivity contribution in [2.45, 2.75) is 32.6 Å². The maximum atomic E-state index is 12.0. The third kappa shape index (κ3) is 2.98. The van der Waals surface area contributed by atoms with Crippen molar-refractivity contribution in [1.82, 2.24) is 10.3 Å². The summed E-state index contributed by atoms with van der Waals surface area (Å²) in [5.74, 6) is 5.70. The molecule has 18 heavy (non-hydrogen) atoms. The molecule has 1 aromatic heterocycles. The molecular weight excluding hydrogens is 228 g/mol. The van der Waals surface area contributed by atoms with E-state index in [9.17, 15) is 4.79 Å². The number of carbonyl (C=O) groups is 1. The fraction of sp³-hybridized carbons (Fsp3) is 0.538. The van der Waals surface area contributed by atoms with Gasteiger partial charge in [0.15, 0.2) is 0 Å². The summed E-state index contributed by atoms with van der Waals surface area (Å²) in [6.45, 7) is 2.97. The Balaban J connectivity index is 1.94. The molecule has 0 bridgehead atoms. The van der Waals surface area contributed by atoms with Gasteiger partial charge in [0.2, 0.25) is 0 Å². The number of nitrogen functional groups attached to an aromatic ring is 1. The number of nitrogens with two attached hydrogens (primary N) is 1. The first-order chi connectivity index (χ1) is 8.63. The van der Waals surface area contributed by atoms with Crippen molar-refractivity contribution in [3.8, 4) is 0 Å². The van der Waals surface area contributed by atoms with E-state index in [0.717, 1.165) is 6.54 Å². The lowest BCUT2D eigenvalue weighted by Crippen LogP contribution is -2.34. The van der Waals surface area contributed by atoms with Crippen LogP contribution in [-0.4, -0.2) is 17.4 Å². The SMILES string of the molecule is CC1(CNC(=O)c2ccnc(NN)c2)CCCC1. The van der Waals surface area contributed by atoms with Crippen molar-refractivity contribution in [2.75, 3.05) is 12.0 Å². The number of anilines is 1. The van der Waals surface area contributed by atoms with Crippen LogP contribution in [0.4, 0.5) is 5.82 Å². The van der Waals surface area contributed by atoms with E-state index in [1.165, 1.54) is 25.7 Å². The van der Waals surface area contributed by atoms with Gasteiger partial charge in [0.1, 0.15) is 5.82 Å². The molecule has 4 N–H and O–H groups in total. The maximum Gasteiger partial charge on any atom is 0.251 e. The molecule has 0 aliphatic heterocycles. The van der Waals surface area contributed by atoms with Crippen LogP contribution in [0.1, 0.15) is 43.0 Å². The quantitative estimate of drug-likeness (QED) is 0.559. The van der Waals surface area contributed by atoms with Crippen LogP contribution in [-0.2, 0) is 0 Å². The summed E-state index contributed by atoms with van der Waals surface area (Å²) in [4.78, 5) is 16.0. The second-order valence-corrected chi connectivity index (χ2v) is 5.27. The molecule has 0 spiro atoms. The molecule has 5 nitrogen and oxygen atoms in total.